The molecule has 3 nitrogen and oxygen atoms in total. The summed E-state index contributed by atoms with van der Waals surface area (Å²) in [6.07, 6.45) is 0. The van der Waals surface area contributed by atoms with Crippen molar-refractivity contribution < 1.29 is 4.21 Å². The summed E-state index contributed by atoms with van der Waals surface area (Å²) < 4.78 is 12.0. The molecule has 1 unspecified atom stereocenters. The molecule has 1 aromatic rings. The predicted molar refractivity (Wildman–Crippen MR) is 69.9 cm³/mol. The van der Waals surface area contributed by atoms with Crippen LogP contribution in [0.1, 0.15) is 5.56 Å². The fourth-order valence-corrected chi connectivity index (χ4v) is 3.58. The molecule has 0 aliphatic carbocycles. The van der Waals surface area contributed by atoms with Crippen LogP contribution in [0.25, 0.3) is 5.70 Å². The number of rotatable bonds is 1. The number of nitrogens with zero attached hydrogens (tertiary/aromatic N) is 2. The summed E-state index contributed by atoms with van der Waals surface area (Å²) in [5, 5.41) is 1.90. The van der Waals surface area contributed by atoms with E-state index in [1.165, 1.54) is 0 Å². The number of hydrogen-bond acceptors (Lipinski definition) is 3. The number of benzene rings is 1. The molecule has 90 valence electrons. The van der Waals surface area contributed by atoms with Gasteiger partial charge in [-0.3, -0.25) is 0 Å². The Kier molecular flexibility index (Phi) is 2.76. The summed E-state index contributed by atoms with van der Waals surface area (Å²) in [4.78, 5) is 5.64. The van der Waals surface area contributed by atoms with E-state index in [-0.39, 0.29) is 0 Å². The molecule has 0 radical (unpaired) electrons. The first-order chi connectivity index (χ1) is 8.25. The van der Waals surface area contributed by atoms with Gasteiger partial charge in [0.2, 0.25) is 0 Å². The van der Waals surface area contributed by atoms with Crippen molar-refractivity contribution in [2.45, 2.75) is 4.90 Å². The third-order valence-corrected chi connectivity index (χ3v) is 4.67. The van der Waals surface area contributed by atoms with Gasteiger partial charge in [-0.15, -0.1) is 0 Å². The molecule has 2 aliphatic rings. The van der Waals surface area contributed by atoms with Crippen molar-refractivity contribution in [2.75, 3.05) is 33.2 Å². The van der Waals surface area contributed by atoms with Gasteiger partial charge in [-0.1, -0.05) is 18.2 Å². The molecule has 2 aliphatic heterocycles. The quantitative estimate of drug-likeness (QED) is 0.749. The van der Waals surface area contributed by atoms with Crippen LogP contribution in [0.2, 0.25) is 0 Å². The molecule has 4 heteroatoms. The van der Waals surface area contributed by atoms with E-state index in [1.54, 1.807) is 0 Å². The summed E-state index contributed by atoms with van der Waals surface area (Å²) in [5.74, 6) is 0. The lowest BCUT2D eigenvalue weighted by atomic mass is 10.1. The molecule has 0 amide bonds. The smallest absolute Gasteiger partial charge is 0.0804 e. The van der Waals surface area contributed by atoms with Crippen LogP contribution in [-0.2, 0) is 10.8 Å². The third-order valence-electron chi connectivity index (χ3n) is 3.44. The normalized spacial score (nSPS) is 24.6. The molecule has 1 aromatic carbocycles. The van der Waals surface area contributed by atoms with Crippen LogP contribution in [0.3, 0.4) is 0 Å². The van der Waals surface area contributed by atoms with Gasteiger partial charge in [-0.05, 0) is 13.1 Å². The zero-order valence-electron chi connectivity index (χ0n) is 9.93. The maximum absolute atomic E-state index is 12.0. The van der Waals surface area contributed by atoms with Crippen molar-refractivity contribution >= 4 is 16.5 Å². The van der Waals surface area contributed by atoms with Gasteiger partial charge in [0.1, 0.15) is 0 Å². The Labute approximate surface area is 104 Å². The van der Waals surface area contributed by atoms with E-state index in [1.807, 2.05) is 23.6 Å². The Morgan fingerprint density at radius 1 is 1.12 bits per heavy atom. The summed E-state index contributed by atoms with van der Waals surface area (Å²) >= 11 is 0. The predicted octanol–water partition coefficient (Wildman–Crippen LogP) is 1.35. The fourth-order valence-electron chi connectivity index (χ4n) is 2.37. The molecule has 17 heavy (non-hydrogen) atoms. The molecule has 1 fully saturated rings. The van der Waals surface area contributed by atoms with Crippen molar-refractivity contribution in [3.63, 3.8) is 0 Å². The first-order valence-electron chi connectivity index (χ1n) is 5.91. The second-order valence-electron chi connectivity index (χ2n) is 4.59. The Hall–Kier alpha value is -1.13. The highest BCUT2D eigenvalue weighted by Crippen LogP contribution is 2.33. The average Bonchev–Trinajstić information content (AvgIpc) is 2.69. The molecule has 2 heterocycles. The van der Waals surface area contributed by atoms with Gasteiger partial charge >= 0.3 is 0 Å². The van der Waals surface area contributed by atoms with Gasteiger partial charge in [0, 0.05) is 37.2 Å². The van der Waals surface area contributed by atoms with Gasteiger partial charge in [0.15, 0.2) is 0 Å². The summed E-state index contributed by atoms with van der Waals surface area (Å²) in [7, 11) is 1.19. The lowest BCUT2D eigenvalue weighted by molar-refractivity contribution is 0.207. The van der Waals surface area contributed by atoms with Crippen LogP contribution in [0.15, 0.2) is 34.6 Å². The molecule has 1 atom stereocenters. The van der Waals surface area contributed by atoms with Crippen LogP contribution in [0, 0.1) is 0 Å². The number of piperazine rings is 1. The van der Waals surface area contributed by atoms with Crippen molar-refractivity contribution in [3.8, 4) is 0 Å². The van der Waals surface area contributed by atoms with Crippen molar-refractivity contribution in [1.82, 2.24) is 9.80 Å². The third kappa shape index (κ3) is 1.91. The molecule has 0 spiro atoms. The Morgan fingerprint density at radius 2 is 1.82 bits per heavy atom. The molecular weight excluding hydrogens is 232 g/mol. The van der Waals surface area contributed by atoms with Gasteiger partial charge in [-0.25, -0.2) is 4.21 Å². The average molecular weight is 248 g/mol. The van der Waals surface area contributed by atoms with Gasteiger partial charge in [-0.2, -0.15) is 0 Å². The van der Waals surface area contributed by atoms with E-state index in [2.05, 4.69) is 22.9 Å². The molecule has 0 N–H and O–H groups in total. The fraction of sp³-hybridized carbons (Fsp3) is 0.385. The highest BCUT2D eigenvalue weighted by Gasteiger charge is 2.25. The van der Waals surface area contributed by atoms with Gasteiger partial charge < -0.3 is 9.80 Å². The van der Waals surface area contributed by atoms with E-state index in [4.69, 9.17) is 0 Å². The highest BCUT2D eigenvalue weighted by molar-refractivity contribution is 7.88. The van der Waals surface area contributed by atoms with Gasteiger partial charge in [0.05, 0.1) is 21.4 Å². The molecule has 0 aromatic heterocycles. The SMILES string of the molecule is CN1CCN(C2=CS(=O)c3ccccc32)CC1. The Balaban J connectivity index is 1.90. The minimum absolute atomic E-state index is 0.956. The summed E-state index contributed by atoms with van der Waals surface area (Å²) in [5.41, 5.74) is 2.31. The number of likely N-dealkylation sites (N-methyl/N-ethyl adjacent to an activating group) is 1. The number of hydrogen-bond donors (Lipinski definition) is 0. The van der Waals surface area contributed by atoms with Crippen molar-refractivity contribution in [3.05, 3.63) is 35.2 Å². The largest absolute Gasteiger partial charge is 0.368 e. The van der Waals surface area contributed by atoms with Crippen LogP contribution < -0.4 is 0 Å². The van der Waals surface area contributed by atoms with Crippen molar-refractivity contribution in [2.24, 2.45) is 0 Å². The Bertz CT molecular complexity index is 490. The molecule has 1 saturated heterocycles. The van der Waals surface area contributed by atoms with Crippen molar-refractivity contribution in [1.29, 1.82) is 0 Å². The maximum Gasteiger partial charge on any atom is 0.0804 e. The minimum atomic E-state index is -0.956. The monoisotopic (exact) mass is 248 g/mol. The number of fused-ring (bicyclic) bond motifs is 1. The van der Waals surface area contributed by atoms with E-state index in [9.17, 15) is 4.21 Å². The first-order valence-corrected chi connectivity index (χ1v) is 7.12. The molecule has 3 rings (SSSR count). The van der Waals surface area contributed by atoms with E-state index in [0.717, 1.165) is 42.3 Å². The maximum atomic E-state index is 12.0. The molecule has 0 saturated carbocycles. The second-order valence-corrected chi connectivity index (χ2v) is 5.86. The standard InChI is InChI=1S/C13H16N2OS/c1-14-6-8-15(9-7-14)12-10-17(16)13-5-3-2-4-11(12)13/h2-5,10H,6-9H2,1H3. The van der Waals surface area contributed by atoms with Gasteiger partial charge in [0.25, 0.3) is 0 Å². The molecular formula is C13H16N2OS. The van der Waals surface area contributed by atoms with Crippen LogP contribution in [-0.4, -0.2) is 47.2 Å². The zero-order valence-corrected chi connectivity index (χ0v) is 10.7. The van der Waals surface area contributed by atoms with E-state index >= 15 is 0 Å². The lowest BCUT2D eigenvalue weighted by Gasteiger charge is -2.34. The topological polar surface area (TPSA) is 23.6 Å². The second kappa shape index (κ2) is 4.27. The van der Waals surface area contributed by atoms with Crippen LogP contribution >= 0.6 is 0 Å². The molecule has 0 bridgehead atoms. The van der Waals surface area contributed by atoms with E-state index in [0.29, 0.717) is 0 Å². The van der Waals surface area contributed by atoms with E-state index < -0.39 is 10.8 Å². The van der Waals surface area contributed by atoms with Crippen LogP contribution in [0.4, 0.5) is 0 Å². The Morgan fingerprint density at radius 3 is 2.59 bits per heavy atom. The minimum Gasteiger partial charge on any atom is -0.368 e. The first kappa shape index (κ1) is 11.0. The van der Waals surface area contributed by atoms with Crippen LogP contribution in [0.5, 0.6) is 0 Å². The summed E-state index contributed by atoms with van der Waals surface area (Å²) in [6, 6.07) is 8.01. The lowest BCUT2D eigenvalue weighted by Crippen LogP contribution is -2.43. The highest BCUT2D eigenvalue weighted by atomic mass is 32.2. The summed E-state index contributed by atoms with van der Waals surface area (Å²) in [6.45, 7) is 4.19. The zero-order chi connectivity index (χ0) is 11.8.